The lowest BCUT2D eigenvalue weighted by atomic mass is 10.0. The van der Waals surface area contributed by atoms with Gasteiger partial charge in [-0.3, -0.25) is 0 Å². The van der Waals surface area contributed by atoms with Gasteiger partial charge in [-0.1, -0.05) is 35.3 Å². The lowest BCUT2D eigenvalue weighted by Gasteiger charge is -2.14. The van der Waals surface area contributed by atoms with Gasteiger partial charge in [-0.15, -0.1) is 0 Å². The van der Waals surface area contributed by atoms with Crippen LogP contribution in [0.3, 0.4) is 0 Å². The minimum Gasteiger partial charge on any atom is -0.490 e. The maximum absolute atomic E-state index is 9.26. The predicted molar refractivity (Wildman–Crippen MR) is 81.5 cm³/mol. The van der Waals surface area contributed by atoms with Crippen LogP contribution >= 0.6 is 23.2 Å². The fourth-order valence-corrected chi connectivity index (χ4v) is 2.34. The highest BCUT2D eigenvalue weighted by Gasteiger charge is 2.14. The molecule has 0 fully saturated rings. The summed E-state index contributed by atoms with van der Waals surface area (Å²) in [6.45, 7) is 4.11. The highest BCUT2D eigenvalue weighted by atomic mass is 35.5. The molecule has 0 aliphatic rings. The van der Waals surface area contributed by atoms with Crippen LogP contribution in [-0.2, 0) is 6.61 Å². The first-order valence-electron chi connectivity index (χ1n) is 6.26. The van der Waals surface area contributed by atoms with Crippen molar-refractivity contribution in [2.45, 2.75) is 20.5 Å². The van der Waals surface area contributed by atoms with Crippen molar-refractivity contribution >= 4 is 23.2 Å². The van der Waals surface area contributed by atoms with Gasteiger partial charge in [0.05, 0.1) is 18.9 Å². The standard InChI is InChI=1S/C15H15Cl2NO2/c1-3-20-14-12(7-11(8-19)18-15(14)17)10-5-4-9(2)13(16)6-10/h4-7,19H,3,8H2,1-2H3. The van der Waals surface area contributed by atoms with Gasteiger partial charge in [-0.2, -0.15) is 0 Å². The van der Waals surface area contributed by atoms with Crippen molar-refractivity contribution in [3.05, 3.63) is 45.7 Å². The fraction of sp³-hybridized carbons (Fsp3) is 0.267. The van der Waals surface area contributed by atoms with Crippen molar-refractivity contribution in [3.8, 4) is 16.9 Å². The Kier molecular flexibility index (Phi) is 4.86. The Balaban J connectivity index is 2.63. The average molecular weight is 312 g/mol. The van der Waals surface area contributed by atoms with Crippen LogP contribution in [0.1, 0.15) is 18.2 Å². The van der Waals surface area contributed by atoms with E-state index >= 15 is 0 Å². The van der Waals surface area contributed by atoms with Crippen LogP contribution in [0.4, 0.5) is 0 Å². The quantitative estimate of drug-likeness (QED) is 0.858. The fourth-order valence-electron chi connectivity index (χ4n) is 1.89. The lowest BCUT2D eigenvalue weighted by molar-refractivity contribution is 0.276. The van der Waals surface area contributed by atoms with Crippen molar-refractivity contribution in [1.82, 2.24) is 4.98 Å². The summed E-state index contributed by atoms with van der Waals surface area (Å²) < 4.78 is 5.57. The summed E-state index contributed by atoms with van der Waals surface area (Å²) in [4.78, 5) is 4.09. The number of aliphatic hydroxyl groups is 1. The Morgan fingerprint density at radius 3 is 2.60 bits per heavy atom. The second-order valence-corrected chi connectivity index (χ2v) is 5.10. The van der Waals surface area contributed by atoms with E-state index in [1.807, 2.05) is 32.0 Å². The van der Waals surface area contributed by atoms with E-state index in [1.165, 1.54) is 0 Å². The molecule has 0 saturated heterocycles. The largest absolute Gasteiger partial charge is 0.490 e. The SMILES string of the molecule is CCOc1c(-c2ccc(C)c(Cl)c2)cc(CO)nc1Cl. The number of halogens is 2. The number of aryl methyl sites for hydroxylation is 1. The Morgan fingerprint density at radius 1 is 1.25 bits per heavy atom. The van der Waals surface area contributed by atoms with Gasteiger partial charge in [0, 0.05) is 10.6 Å². The summed E-state index contributed by atoms with van der Waals surface area (Å²) in [5.41, 5.74) is 3.14. The van der Waals surface area contributed by atoms with Crippen molar-refractivity contribution in [2.75, 3.05) is 6.61 Å². The van der Waals surface area contributed by atoms with Gasteiger partial charge in [0.1, 0.15) is 0 Å². The summed E-state index contributed by atoms with van der Waals surface area (Å²) in [5.74, 6) is 0.506. The highest BCUT2D eigenvalue weighted by molar-refractivity contribution is 6.32. The number of pyridine rings is 1. The van der Waals surface area contributed by atoms with Crippen LogP contribution in [0.2, 0.25) is 10.2 Å². The smallest absolute Gasteiger partial charge is 0.172 e. The molecule has 0 bridgehead atoms. The third-order valence-corrected chi connectivity index (χ3v) is 3.58. The zero-order chi connectivity index (χ0) is 14.7. The highest BCUT2D eigenvalue weighted by Crippen LogP contribution is 2.37. The summed E-state index contributed by atoms with van der Waals surface area (Å²) in [6, 6.07) is 7.49. The minimum atomic E-state index is -0.182. The van der Waals surface area contributed by atoms with Gasteiger partial charge >= 0.3 is 0 Å². The summed E-state index contributed by atoms with van der Waals surface area (Å²) >= 11 is 12.3. The van der Waals surface area contributed by atoms with E-state index in [0.717, 1.165) is 16.7 Å². The third-order valence-electron chi connectivity index (χ3n) is 2.92. The second kappa shape index (κ2) is 6.44. The molecule has 2 rings (SSSR count). The molecule has 1 aromatic heterocycles. The van der Waals surface area contributed by atoms with E-state index in [1.54, 1.807) is 6.07 Å². The molecule has 2 aromatic rings. The maximum Gasteiger partial charge on any atom is 0.172 e. The van der Waals surface area contributed by atoms with E-state index in [4.69, 9.17) is 27.9 Å². The van der Waals surface area contributed by atoms with Crippen LogP contribution in [-0.4, -0.2) is 16.7 Å². The molecule has 0 unspecified atom stereocenters. The molecule has 0 aliphatic carbocycles. The third kappa shape index (κ3) is 3.06. The zero-order valence-electron chi connectivity index (χ0n) is 11.3. The van der Waals surface area contributed by atoms with Crippen molar-refractivity contribution in [2.24, 2.45) is 0 Å². The van der Waals surface area contributed by atoms with Crippen molar-refractivity contribution in [1.29, 1.82) is 0 Å². The van der Waals surface area contributed by atoms with Gasteiger partial charge in [-0.05, 0) is 37.1 Å². The van der Waals surface area contributed by atoms with Gasteiger partial charge in [0.25, 0.3) is 0 Å². The topological polar surface area (TPSA) is 42.4 Å². The molecule has 1 N–H and O–H groups in total. The number of aromatic nitrogens is 1. The summed E-state index contributed by atoms with van der Waals surface area (Å²) in [6.07, 6.45) is 0. The van der Waals surface area contributed by atoms with Crippen LogP contribution < -0.4 is 4.74 Å². The van der Waals surface area contributed by atoms with E-state index in [-0.39, 0.29) is 11.8 Å². The molecule has 0 amide bonds. The Hall–Kier alpha value is -1.29. The first kappa shape index (κ1) is 15.1. The monoisotopic (exact) mass is 311 g/mol. The summed E-state index contributed by atoms with van der Waals surface area (Å²) in [7, 11) is 0. The lowest BCUT2D eigenvalue weighted by Crippen LogP contribution is -2.00. The molecule has 106 valence electrons. The molecule has 5 heteroatoms. The van der Waals surface area contributed by atoms with Crippen molar-refractivity contribution in [3.63, 3.8) is 0 Å². The minimum absolute atomic E-state index is 0.182. The average Bonchev–Trinajstić information content (AvgIpc) is 2.44. The molecule has 20 heavy (non-hydrogen) atoms. The normalized spacial score (nSPS) is 10.7. The Labute approximate surface area is 128 Å². The molecule has 3 nitrogen and oxygen atoms in total. The van der Waals surface area contributed by atoms with Crippen molar-refractivity contribution < 1.29 is 9.84 Å². The van der Waals surface area contributed by atoms with Crippen LogP contribution in [0.15, 0.2) is 24.3 Å². The molecule has 1 aromatic carbocycles. The molecule has 0 saturated carbocycles. The first-order chi connectivity index (χ1) is 9.56. The number of rotatable bonds is 4. The number of hydrogen-bond donors (Lipinski definition) is 1. The second-order valence-electron chi connectivity index (χ2n) is 4.34. The van der Waals surface area contributed by atoms with E-state index < -0.39 is 0 Å². The van der Waals surface area contributed by atoms with Gasteiger partial charge in [-0.25, -0.2) is 4.98 Å². The Morgan fingerprint density at radius 2 is 2.00 bits per heavy atom. The number of ether oxygens (including phenoxy) is 1. The molecule has 0 spiro atoms. The molecule has 0 radical (unpaired) electrons. The zero-order valence-corrected chi connectivity index (χ0v) is 12.8. The van der Waals surface area contributed by atoms with Crippen LogP contribution in [0.5, 0.6) is 5.75 Å². The van der Waals surface area contributed by atoms with Gasteiger partial charge in [0.2, 0.25) is 0 Å². The molecule has 1 heterocycles. The number of hydrogen-bond acceptors (Lipinski definition) is 3. The van der Waals surface area contributed by atoms with E-state index in [9.17, 15) is 5.11 Å². The molecular weight excluding hydrogens is 297 g/mol. The van der Waals surface area contributed by atoms with E-state index in [2.05, 4.69) is 4.98 Å². The van der Waals surface area contributed by atoms with Gasteiger partial charge < -0.3 is 9.84 Å². The Bertz CT molecular complexity index is 630. The first-order valence-corrected chi connectivity index (χ1v) is 7.02. The van der Waals surface area contributed by atoms with Crippen LogP contribution in [0.25, 0.3) is 11.1 Å². The maximum atomic E-state index is 9.26. The molecule has 0 aliphatic heterocycles. The van der Waals surface area contributed by atoms with Crippen LogP contribution in [0, 0.1) is 6.92 Å². The number of aliphatic hydroxyl groups excluding tert-OH is 1. The van der Waals surface area contributed by atoms with Gasteiger partial charge in [0.15, 0.2) is 10.9 Å². The number of nitrogens with zero attached hydrogens (tertiary/aromatic N) is 1. The number of benzene rings is 1. The van der Waals surface area contributed by atoms with E-state index in [0.29, 0.717) is 23.1 Å². The predicted octanol–water partition coefficient (Wildman–Crippen LogP) is 4.25. The molecular formula is C15H15Cl2NO2. The molecule has 0 atom stereocenters. The summed E-state index contributed by atoms with van der Waals surface area (Å²) in [5, 5.41) is 10.2.